The summed E-state index contributed by atoms with van der Waals surface area (Å²) >= 11 is 13.5. The lowest BCUT2D eigenvalue weighted by Gasteiger charge is -2.37. The van der Waals surface area contributed by atoms with E-state index < -0.39 is 7.58 Å². The Bertz CT molecular complexity index is 293. The van der Waals surface area contributed by atoms with Crippen molar-refractivity contribution >= 4 is 30.4 Å². The minimum Gasteiger partial charge on any atom is -0.251 e. The molecule has 1 aliphatic heterocycles. The molecule has 2 atom stereocenters. The van der Waals surface area contributed by atoms with Crippen molar-refractivity contribution in [2.75, 3.05) is 6.54 Å². The fourth-order valence-corrected chi connectivity index (χ4v) is 7.78. The van der Waals surface area contributed by atoms with E-state index in [1.54, 1.807) is 0 Å². The first kappa shape index (κ1) is 14.9. The van der Waals surface area contributed by atoms with Crippen LogP contribution in [0.2, 0.25) is 0 Å². The van der Waals surface area contributed by atoms with Gasteiger partial charge in [0.25, 0.3) is 0 Å². The smallest absolute Gasteiger partial charge is 0.142 e. The van der Waals surface area contributed by atoms with E-state index in [2.05, 4.69) is 9.34 Å². The van der Waals surface area contributed by atoms with Crippen LogP contribution >= 0.6 is 30.4 Å². The molecule has 2 aliphatic carbocycles. The minimum absolute atomic E-state index is 0.147. The first-order valence-electron chi connectivity index (χ1n) is 7.92. The van der Waals surface area contributed by atoms with Gasteiger partial charge in [-0.3, -0.25) is 4.67 Å². The van der Waals surface area contributed by atoms with Gasteiger partial charge in [-0.2, -0.15) is 0 Å². The van der Waals surface area contributed by atoms with Crippen LogP contribution in [0.5, 0.6) is 0 Å². The SMILES string of the molecule is ClC1CN(C2CCCCC2)P(Cl)N1C1CCCCC1. The van der Waals surface area contributed by atoms with Crippen molar-refractivity contribution in [3.63, 3.8) is 0 Å². The molecular formula is C14H25Cl2N2P. The van der Waals surface area contributed by atoms with Crippen LogP contribution in [0.3, 0.4) is 0 Å². The zero-order chi connectivity index (χ0) is 13.2. The van der Waals surface area contributed by atoms with Gasteiger partial charge in [-0.15, -0.1) is 11.6 Å². The van der Waals surface area contributed by atoms with E-state index in [-0.39, 0.29) is 5.50 Å². The summed E-state index contributed by atoms with van der Waals surface area (Å²) in [6.07, 6.45) is 13.5. The molecule has 0 spiro atoms. The van der Waals surface area contributed by atoms with E-state index >= 15 is 0 Å². The van der Waals surface area contributed by atoms with E-state index in [1.807, 2.05) is 0 Å². The standard InChI is InChI=1S/C14H25Cl2N2P/c15-14-11-17(12-7-3-1-4-8-12)19(16)18(14)13-9-5-2-6-10-13/h12-14H,1-11H2. The number of hydrogen-bond donors (Lipinski definition) is 0. The molecule has 110 valence electrons. The summed E-state index contributed by atoms with van der Waals surface area (Å²) in [4.78, 5) is 0. The highest BCUT2D eigenvalue weighted by molar-refractivity contribution is 7.80. The van der Waals surface area contributed by atoms with E-state index in [0.29, 0.717) is 12.1 Å². The molecule has 1 heterocycles. The molecule has 0 amide bonds. The van der Waals surface area contributed by atoms with Crippen molar-refractivity contribution in [3.05, 3.63) is 0 Å². The van der Waals surface area contributed by atoms with Gasteiger partial charge < -0.3 is 0 Å². The van der Waals surface area contributed by atoms with E-state index in [0.717, 1.165) is 6.54 Å². The fraction of sp³-hybridized carbons (Fsp3) is 1.00. The summed E-state index contributed by atoms with van der Waals surface area (Å²) in [5.74, 6) is 0. The van der Waals surface area contributed by atoms with Crippen LogP contribution in [0.15, 0.2) is 0 Å². The van der Waals surface area contributed by atoms with Gasteiger partial charge in [0.15, 0.2) is 0 Å². The second-order valence-corrected chi connectivity index (χ2v) is 9.13. The third-order valence-corrected chi connectivity index (χ3v) is 8.46. The summed E-state index contributed by atoms with van der Waals surface area (Å²) in [6, 6.07) is 1.35. The van der Waals surface area contributed by atoms with Crippen LogP contribution in [-0.4, -0.2) is 33.5 Å². The monoisotopic (exact) mass is 322 g/mol. The van der Waals surface area contributed by atoms with Crippen molar-refractivity contribution < 1.29 is 0 Å². The van der Waals surface area contributed by atoms with Gasteiger partial charge in [-0.25, -0.2) is 4.67 Å². The lowest BCUT2D eigenvalue weighted by atomic mass is 9.95. The predicted molar refractivity (Wildman–Crippen MR) is 84.7 cm³/mol. The summed E-state index contributed by atoms with van der Waals surface area (Å²) in [6.45, 7) is 0.984. The Balaban J connectivity index is 1.65. The molecule has 19 heavy (non-hydrogen) atoms. The molecule has 3 aliphatic rings. The number of rotatable bonds is 2. The highest BCUT2D eigenvalue weighted by Crippen LogP contribution is 2.60. The van der Waals surface area contributed by atoms with Gasteiger partial charge in [0, 0.05) is 18.6 Å². The average molecular weight is 323 g/mol. The zero-order valence-corrected chi connectivity index (χ0v) is 14.0. The highest BCUT2D eigenvalue weighted by atomic mass is 35.7. The molecule has 5 heteroatoms. The molecule has 3 fully saturated rings. The zero-order valence-electron chi connectivity index (χ0n) is 11.6. The Morgan fingerprint density at radius 2 is 1.32 bits per heavy atom. The van der Waals surface area contributed by atoms with Crippen LogP contribution < -0.4 is 0 Å². The summed E-state index contributed by atoms with van der Waals surface area (Å²) in [5.41, 5.74) is 0.147. The number of nitrogens with zero attached hydrogens (tertiary/aromatic N) is 2. The van der Waals surface area contributed by atoms with Crippen LogP contribution in [0.4, 0.5) is 0 Å². The first-order valence-corrected chi connectivity index (χ1v) is 10.5. The molecule has 0 N–H and O–H groups in total. The van der Waals surface area contributed by atoms with Crippen molar-refractivity contribution in [3.8, 4) is 0 Å². The number of hydrogen-bond acceptors (Lipinski definition) is 2. The van der Waals surface area contributed by atoms with Crippen LogP contribution in [0.1, 0.15) is 64.2 Å². The Morgan fingerprint density at radius 3 is 1.89 bits per heavy atom. The topological polar surface area (TPSA) is 6.48 Å². The Kier molecular flexibility index (Phi) is 5.31. The molecule has 0 aromatic carbocycles. The highest BCUT2D eigenvalue weighted by Gasteiger charge is 2.44. The molecule has 2 unspecified atom stereocenters. The summed E-state index contributed by atoms with van der Waals surface area (Å²) in [7, 11) is -0.670. The molecule has 0 bridgehead atoms. The quantitative estimate of drug-likeness (QED) is 0.386. The fourth-order valence-electron chi connectivity index (χ4n) is 3.91. The Morgan fingerprint density at radius 1 is 0.789 bits per heavy atom. The summed E-state index contributed by atoms with van der Waals surface area (Å²) in [5, 5.41) is 0. The molecular weight excluding hydrogens is 298 g/mol. The number of halogens is 2. The Hall–Kier alpha value is 0.930. The van der Waals surface area contributed by atoms with Crippen molar-refractivity contribution in [2.45, 2.75) is 81.8 Å². The predicted octanol–water partition coefficient (Wildman–Crippen LogP) is 5.30. The van der Waals surface area contributed by atoms with Crippen molar-refractivity contribution in [1.29, 1.82) is 0 Å². The number of alkyl halides is 1. The maximum absolute atomic E-state index is 6.84. The van der Waals surface area contributed by atoms with Gasteiger partial charge in [0.2, 0.25) is 0 Å². The average Bonchev–Trinajstić information content (AvgIpc) is 2.76. The van der Waals surface area contributed by atoms with E-state index in [4.69, 9.17) is 22.8 Å². The molecule has 0 aromatic rings. The molecule has 0 radical (unpaired) electrons. The second-order valence-electron chi connectivity index (χ2n) is 6.26. The van der Waals surface area contributed by atoms with Crippen LogP contribution in [0, 0.1) is 0 Å². The third kappa shape index (κ3) is 3.24. The third-order valence-electron chi connectivity index (χ3n) is 4.97. The van der Waals surface area contributed by atoms with Crippen molar-refractivity contribution in [1.82, 2.24) is 9.34 Å². The normalized spacial score (nSPS) is 36.9. The maximum Gasteiger partial charge on any atom is 0.142 e. The molecule has 0 aromatic heterocycles. The lowest BCUT2D eigenvalue weighted by Crippen LogP contribution is -2.34. The van der Waals surface area contributed by atoms with Gasteiger partial charge >= 0.3 is 0 Å². The largest absolute Gasteiger partial charge is 0.251 e. The summed E-state index contributed by atoms with van der Waals surface area (Å²) < 4.78 is 5.01. The maximum atomic E-state index is 6.84. The van der Waals surface area contributed by atoms with E-state index in [9.17, 15) is 0 Å². The van der Waals surface area contributed by atoms with Gasteiger partial charge in [-0.05, 0) is 25.7 Å². The van der Waals surface area contributed by atoms with Crippen LogP contribution in [-0.2, 0) is 0 Å². The van der Waals surface area contributed by atoms with Gasteiger partial charge in [0.05, 0.1) is 0 Å². The lowest BCUT2D eigenvalue weighted by molar-refractivity contribution is 0.255. The molecule has 2 saturated carbocycles. The van der Waals surface area contributed by atoms with Gasteiger partial charge in [-0.1, -0.05) is 49.8 Å². The first-order chi connectivity index (χ1) is 9.27. The van der Waals surface area contributed by atoms with Gasteiger partial charge in [0.1, 0.15) is 13.1 Å². The molecule has 1 saturated heterocycles. The molecule has 2 nitrogen and oxygen atoms in total. The molecule has 3 rings (SSSR count). The second kappa shape index (κ2) is 6.79. The van der Waals surface area contributed by atoms with Crippen LogP contribution in [0.25, 0.3) is 0 Å². The Labute approximate surface area is 128 Å². The van der Waals surface area contributed by atoms with E-state index in [1.165, 1.54) is 64.2 Å². The minimum atomic E-state index is -0.670. The van der Waals surface area contributed by atoms with Crippen molar-refractivity contribution in [2.24, 2.45) is 0 Å².